The number of carbonyl (C=O) groups excluding carboxylic acids is 1. The minimum atomic E-state index is -0.257. The third kappa shape index (κ3) is 2.01. The molecule has 0 aromatic carbocycles. The van der Waals surface area contributed by atoms with Gasteiger partial charge in [0.25, 0.3) is 5.91 Å². The van der Waals surface area contributed by atoms with E-state index in [4.69, 9.17) is 5.11 Å². The molecule has 0 radical (unpaired) electrons. The van der Waals surface area contributed by atoms with Crippen molar-refractivity contribution >= 4 is 16.8 Å². The Hall–Kier alpha value is -1.95. The zero-order chi connectivity index (χ0) is 11.4. The minimum absolute atomic E-state index is 0.0587. The van der Waals surface area contributed by atoms with Crippen molar-refractivity contribution in [1.82, 2.24) is 20.5 Å². The quantitative estimate of drug-likeness (QED) is 0.636. The molecule has 6 heteroatoms. The van der Waals surface area contributed by atoms with Gasteiger partial charge in [0.2, 0.25) is 0 Å². The van der Waals surface area contributed by atoms with Crippen molar-refractivity contribution in [2.75, 3.05) is 13.2 Å². The number of amides is 1. The Morgan fingerprint density at radius 1 is 1.56 bits per heavy atom. The van der Waals surface area contributed by atoms with Gasteiger partial charge >= 0.3 is 0 Å². The van der Waals surface area contributed by atoms with E-state index in [1.165, 1.54) is 0 Å². The number of H-pyrrole nitrogens is 1. The van der Waals surface area contributed by atoms with Crippen molar-refractivity contribution in [2.45, 2.75) is 6.42 Å². The Balaban J connectivity index is 2.17. The average Bonchev–Trinajstić information content (AvgIpc) is 2.73. The number of aliphatic hydroxyl groups is 1. The van der Waals surface area contributed by atoms with Gasteiger partial charge in [0.15, 0.2) is 5.69 Å². The Labute approximate surface area is 91.7 Å². The van der Waals surface area contributed by atoms with E-state index < -0.39 is 0 Å². The SMILES string of the molecule is O=C(NCCCO)c1n[nH]c2ccncc12. The molecule has 0 aliphatic carbocycles. The third-order valence-electron chi connectivity index (χ3n) is 2.20. The summed E-state index contributed by atoms with van der Waals surface area (Å²) in [7, 11) is 0. The normalized spacial score (nSPS) is 10.6. The molecule has 2 aromatic heterocycles. The van der Waals surface area contributed by atoms with E-state index in [0.717, 1.165) is 5.52 Å². The summed E-state index contributed by atoms with van der Waals surface area (Å²) in [6.07, 6.45) is 3.76. The summed E-state index contributed by atoms with van der Waals surface area (Å²) in [5.74, 6) is -0.257. The second-order valence-electron chi connectivity index (χ2n) is 3.33. The van der Waals surface area contributed by atoms with Crippen LogP contribution in [0.3, 0.4) is 0 Å². The van der Waals surface area contributed by atoms with E-state index in [9.17, 15) is 4.79 Å². The molecule has 0 saturated carbocycles. The summed E-state index contributed by atoms with van der Waals surface area (Å²) in [6, 6.07) is 1.76. The van der Waals surface area contributed by atoms with Crippen molar-refractivity contribution in [3.63, 3.8) is 0 Å². The van der Waals surface area contributed by atoms with Crippen molar-refractivity contribution < 1.29 is 9.90 Å². The highest BCUT2D eigenvalue weighted by Gasteiger charge is 2.12. The highest BCUT2D eigenvalue weighted by Crippen LogP contribution is 2.13. The molecular weight excluding hydrogens is 208 g/mol. The van der Waals surface area contributed by atoms with E-state index in [1.54, 1.807) is 18.5 Å². The standard InChI is InChI=1S/C10H12N4O2/c15-5-1-3-12-10(16)9-7-6-11-4-2-8(7)13-14-9/h2,4,6,15H,1,3,5H2,(H,12,16)(H,13,14). The molecule has 16 heavy (non-hydrogen) atoms. The van der Waals surface area contributed by atoms with Gasteiger partial charge in [0.05, 0.1) is 10.9 Å². The summed E-state index contributed by atoms with van der Waals surface area (Å²) in [5, 5.41) is 18.7. The first-order chi connectivity index (χ1) is 7.83. The minimum Gasteiger partial charge on any atom is -0.396 e. The lowest BCUT2D eigenvalue weighted by atomic mass is 10.2. The lowest BCUT2D eigenvalue weighted by Crippen LogP contribution is -2.25. The molecule has 0 spiro atoms. The first-order valence-corrected chi connectivity index (χ1v) is 5.00. The zero-order valence-electron chi connectivity index (χ0n) is 8.60. The number of aromatic nitrogens is 3. The number of hydrogen-bond donors (Lipinski definition) is 3. The van der Waals surface area contributed by atoms with Gasteiger partial charge in [-0.05, 0) is 12.5 Å². The van der Waals surface area contributed by atoms with Crippen LogP contribution in [0, 0.1) is 0 Å². The van der Waals surface area contributed by atoms with Crippen LogP contribution in [0.4, 0.5) is 0 Å². The van der Waals surface area contributed by atoms with Crippen LogP contribution in [-0.2, 0) is 0 Å². The number of fused-ring (bicyclic) bond motifs is 1. The van der Waals surface area contributed by atoms with E-state index in [0.29, 0.717) is 24.0 Å². The number of nitrogens with zero attached hydrogens (tertiary/aromatic N) is 2. The second kappa shape index (κ2) is 4.71. The molecule has 2 aromatic rings. The van der Waals surface area contributed by atoms with Crippen molar-refractivity contribution in [3.05, 3.63) is 24.2 Å². The summed E-state index contributed by atoms with van der Waals surface area (Å²) < 4.78 is 0. The summed E-state index contributed by atoms with van der Waals surface area (Å²) in [4.78, 5) is 15.6. The Bertz CT molecular complexity index is 494. The molecule has 2 rings (SSSR count). The number of aromatic amines is 1. The van der Waals surface area contributed by atoms with E-state index in [-0.39, 0.29) is 12.5 Å². The van der Waals surface area contributed by atoms with E-state index >= 15 is 0 Å². The fourth-order valence-electron chi connectivity index (χ4n) is 1.39. The number of pyridine rings is 1. The van der Waals surface area contributed by atoms with Gasteiger partial charge in [-0.1, -0.05) is 0 Å². The van der Waals surface area contributed by atoms with Gasteiger partial charge in [-0.25, -0.2) is 0 Å². The topological polar surface area (TPSA) is 90.9 Å². The molecule has 0 atom stereocenters. The molecule has 3 N–H and O–H groups in total. The zero-order valence-corrected chi connectivity index (χ0v) is 8.60. The van der Waals surface area contributed by atoms with Crippen LogP contribution in [0.1, 0.15) is 16.9 Å². The fraction of sp³-hybridized carbons (Fsp3) is 0.300. The predicted octanol–water partition coefficient (Wildman–Crippen LogP) is 0.0701. The van der Waals surface area contributed by atoms with Crippen LogP contribution in [0.25, 0.3) is 10.9 Å². The van der Waals surface area contributed by atoms with Gasteiger partial charge in [-0.15, -0.1) is 0 Å². The first-order valence-electron chi connectivity index (χ1n) is 5.00. The fourth-order valence-corrected chi connectivity index (χ4v) is 1.39. The van der Waals surface area contributed by atoms with Gasteiger partial charge in [0.1, 0.15) is 0 Å². The van der Waals surface area contributed by atoms with Crippen LogP contribution in [0.15, 0.2) is 18.5 Å². The maximum Gasteiger partial charge on any atom is 0.272 e. The molecule has 6 nitrogen and oxygen atoms in total. The van der Waals surface area contributed by atoms with Crippen LogP contribution in [0.5, 0.6) is 0 Å². The van der Waals surface area contributed by atoms with Crippen molar-refractivity contribution in [3.8, 4) is 0 Å². The molecular formula is C10H12N4O2. The van der Waals surface area contributed by atoms with Crippen LogP contribution in [-0.4, -0.2) is 39.3 Å². The second-order valence-corrected chi connectivity index (χ2v) is 3.33. The predicted molar refractivity (Wildman–Crippen MR) is 57.9 cm³/mol. The molecule has 1 amide bonds. The summed E-state index contributed by atoms with van der Waals surface area (Å²) in [5.41, 5.74) is 1.11. The molecule has 84 valence electrons. The number of carbonyl (C=O) groups is 1. The molecule has 0 saturated heterocycles. The third-order valence-corrected chi connectivity index (χ3v) is 2.20. The Morgan fingerprint density at radius 2 is 2.44 bits per heavy atom. The first kappa shape index (κ1) is 10.6. The molecule has 0 fully saturated rings. The Morgan fingerprint density at radius 3 is 3.25 bits per heavy atom. The van der Waals surface area contributed by atoms with Crippen LogP contribution >= 0.6 is 0 Å². The number of nitrogens with one attached hydrogen (secondary N) is 2. The molecule has 0 aliphatic rings. The smallest absolute Gasteiger partial charge is 0.272 e. The van der Waals surface area contributed by atoms with Crippen LogP contribution in [0.2, 0.25) is 0 Å². The van der Waals surface area contributed by atoms with Gasteiger partial charge in [-0.2, -0.15) is 5.10 Å². The van der Waals surface area contributed by atoms with Gasteiger partial charge in [0, 0.05) is 25.5 Å². The summed E-state index contributed by atoms with van der Waals surface area (Å²) >= 11 is 0. The summed E-state index contributed by atoms with van der Waals surface area (Å²) in [6.45, 7) is 0.493. The Kier molecular flexibility index (Phi) is 3.11. The van der Waals surface area contributed by atoms with Crippen molar-refractivity contribution in [1.29, 1.82) is 0 Å². The number of aliphatic hydroxyl groups excluding tert-OH is 1. The molecule has 0 aliphatic heterocycles. The number of rotatable bonds is 4. The van der Waals surface area contributed by atoms with E-state index in [1.807, 2.05) is 0 Å². The molecule has 0 unspecified atom stereocenters. The van der Waals surface area contributed by atoms with Gasteiger partial charge in [-0.3, -0.25) is 14.9 Å². The van der Waals surface area contributed by atoms with Crippen molar-refractivity contribution in [2.24, 2.45) is 0 Å². The molecule has 2 heterocycles. The largest absolute Gasteiger partial charge is 0.396 e. The maximum atomic E-state index is 11.7. The highest BCUT2D eigenvalue weighted by molar-refractivity contribution is 6.04. The van der Waals surface area contributed by atoms with E-state index in [2.05, 4.69) is 20.5 Å². The average molecular weight is 220 g/mol. The molecule has 0 bridgehead atoms. The van der Waals surface area contributed by atoms with Crippen LogP contribution < -0.4 is 5.32 Å². The number of hydrogen-bond acceptors (Lipinski definition) is 4. The monoisotopic (exact) mass is 220 g/mol. The maximum absolute atomic E-state index is 11.7. The lowest BCUT2D eigenvalue weighted by Gasteiger charge is -2.00. The highest BCUT2D eigenvalue weighted by atomic mass is 16.3. The lowest BCUT2D eigenvalue weighted by molar-refractivity contribution is 0.0947. The van der Waals surface area contributed by atoms with Gasteiger partial charge < -0.3 is 10.4 Å².